The molecule has 0 spiro atoms. The summed E-state index contributed by atoms with van der Waals surface area (Å²) < 4.78 is 5.71. The van der Waals surface area contributed by atoms with E-state index in [1.54, 1.807) is 6.07 Å². The van der Waals surface area contributed by atoms with Crippen molar-refractivity contribution >= 4 is 16.8 Å². The molecule has 1 aromatic carbocycles. The second kappa shape index (κ2) is 7.53. The van der Waals surface area contributed by atoms with E-state index in [-0.39, 0.29) is 11.5 Å². The molecule has 2 aliphatic rings. The van der Waals surface area contributed by atoms with Crippen molar-refractivity contribution in [1.82, 2.24) is 25.1 Å². The normalized spacial score (nSPS) is 21.8. The molecule has 2 N–H and O–H groups in total. The molecule has 2 aromatic rings. The molecule has 8 heteroatoms. The molecule has 0 radical (unpaired) electrons. The summed E-state index contributed by atoms with van der Waals surface area (Å²) in [5.74, 6) is 0.667. The van der Waals surface area contributed by atoms with Crippen LogP contribution in [0.15, 0.2) is 29.1 Å². The fraction of sp³-hybridized carbons (Fsp3) is 0.500. The summed E-state index contributed by atoms with van der Waals surface area (Å²) in [5, 5.41) is 3.83. The number of carbonyl (C=O) groups excluding carboxylic acids is 1. The van der Waals surface area contributed by atoms with Gasteiger partial charge in [-0.25, -0.2) is 4.98 Å². The van der Waals surface area contributed by atoms with E-state index < -0.39 is 6.10 Å². The molecular formula is C18H23N5O3. The summed E-state index contributed by atoms with van der Waals surface area (Å²) in [6, 6.07) is 7.30. The van der Waals surface area contributed by atoms with Gasteiger partial charge in [-0.05, 0) is 12.1 Å². The fourth-order valence-electron chi connectivity index (χ4n) is 3.51. The van der Waals surface area contributed by atoms with Crippen molar-refractivity contribution in [3.8, 4) is 0 Å². The lowest BCUT2D eigenvalue weighted by molar-refractivity contribution is -0.150. The van der Waals surface area contributed by atoms with E-state index in [0.29, 0.717) is 43.0 Å². The third kappa shape index (κ3) is 3.62. The first-order valence-corrected chi connectivity index (χ1v) is 9.02. The molecule has 3 heterocycles. The third-order valence-electron chi connectivity index (χ3n) is 4.89. The average molecular weight is 357 g/mol. The summed E-state index contributed by atoms with van der Waals surface area (Å²) >= 11 is 0. The van der Waals surface area contributed by atoms with Crippen molar-refractivity contribution in [3.63, 3.8) is 0 Å². The van der Waals surface area contributed by atoms with Crippen LogP contribution < -0.4 is 10.9 Å². The highest BCUT2D eigenvalue weighted by Crippen LogP contribution is 2.12. The lowest BCUT2D eigenvalue weighted by Gasteiger charge is -2.36. The van der Waals surface area contributed by atoms with Gasteiger partial charge >= 0.3 is 0 Å². The van der Waals surface area contributed by atoms with Crippen LogP contribution in [0, 0.1) is 0 Å². The highest BCUT2D eigenvalue weighted by atomic mass is 16.5. The van der Waals surface area contributed by atoms with E-state index in [0.717, 1.165) is 26.2 Å². The number of aromatic amines is 1. The lowest BCUT2D eigenvalue weighted by Crippen LogP contribution is -2.55. The Morgan fingerprint density at radius 1 is 1.23 bits per heavy atom. The highest BCUT2D eigenvalue weighted by molar-refractivity contribution is 5.81. The molecule has 4 rings (SSSR count). The Morgan fingerprint density at radius 2 is 2.04 bits per heavy atom. The van der Waals surface area contributed by atoms with Crippen molar-refractivity contribution in [3.05, 3.63) is 40.4 Å². The van der Waals surface area contributed by atoms with Crippen LogP contribution in [-0.4, -0.2) is 77.7 Å². The number of carbonyl (C=O) groups is 1. The Labute approximate surface area is 151 Å². The van der Waals surface area contributed by atoms with E-state index >= 15 is 0 Å². The summed E-state index contributed by atoms with van der Waals surface area (Å²) in [6.45, 7) is 5.31. The number of rotatable bonds is 3. The predicted octanol–water partition coefficient (Wildman–Crippen LogP) is -0.444. The van der Waals surface area contributed by atoms with Gasteiger partial charge < -0.3 is 19.9 Å². The van der Waals surface area contributed by atoms with Gasteiger partial charge in [-0.1, -0.05) is 12.1 Å². The van der Waals surface area contributed by atoms with Crippen LogP contribution in [0.3, 0.4) is 0 Å². The standard InChI is InChI=1S/C18H23N5O3/c24-17-13-3-1-2-4-14(13)20-16(21-17)12-22-9-10-26-15(11-22)18(25)23-7-5-19-6-8-23/h1-4,15,19H,5-12H2,(H,20,21,24)/t15-/m0/s1. The molecule has 2 aliphatic heterocycles. The van der Waals surface area contributed by atoms with Gasteiger partial charge in [0.05, 0.1) is 24.1 Å². The van der Waals surface area contributed by atoms with E-state index in [1.807, 2.05) is 23.1 Å². The first-order chi connectivity index (χ1) is 12.7. The molecule has 0 bridgehead atoms. The van der Waals surface area contributed by atoms with Gasteiger partial charge in [0.15, 0.2) is 0 Å². The number of ether oxygens (including phenoxy) is 1. The van der Waals surface area contributed by atoms with Crippen LogP contribution in [0.4, 0.5) is 0 Å². The maximum Gasteiger partial charge on any atom is 0.258 e. The second-order valence-corrected chi connectivity index (χ2v) is 6.70. The maximum atomic E-state index is 12.7. The van der Waals surface area contributed by atoms with Crippen molar-refractivity contribution in [2.75, 3.05) is 45.9 Å². The van der Waals surface area contributed by atoms with Crippen molar-refractivity contribution in [1.29, 1.82) is 0 Å². The Morgan fingerprint density at radius 3 is 2.88 bits per heavy atom. The first-order valence-electron chi connectivity index (χ1n) is 9.02. The number of nitrogens with one attached hydrogen (secondary N) is 2. The minimum absolute atomic E-state index is 0.0520. The zero-order valence-electron chi connectivity index (χ0n) is 14.6. The van der Waals surface area contributed by atoms with E-state index in [4.69, 9.17) is 4.74 Å². The van der Waals surface area contributed by atoms with Gasteiger partial charge in [-0.2, -0.15) is 0 Å². The van der Waals surface area contributed by atoms with Crippen molar-refractivity contribution in [2.45, 2.75) is 12.6 Å². The molecule has 2 fully saturated rings. The number of amides is 1. The number of fused-ring (bicyclic) bond motifs is 1. The lowest BCUT2D eigenvalue weighted by atomic mass is 10.2. The zero-order chi connectivity index (χ0) is 17.9. The van der Waals surface area contributed by atoms with Gasteiger partial charge in [0.25, 0.3) is 11.5 Å². The van der Waals surface area contributed by atoms with Gasteiger partial charge in [0.2, 0.25) is 0 Å². The SMILES string of the molecule is O=C([C@@H]1CN(Cc2nc3ccccc3c(=O)[nH]2)CCO1)N1CCNCC1. The summed E-state index contributed by atoms with van der Waals surface area (Å²) in [6.07, 6.45) is -0.450. The van der Waals surface area contributed by atoms with Crippen molar-refractivity contribution in [2.24, 2.45) is 0 Å². The number of piperazine rings is 1. The third-order valence-corrected chi connectivity index (χ3v) is 4.89. The van der Waals surface area contributed by atoms with Crippen LogP contribution in [0.25, 0.3) is 10.9 Å². The smallest absolute Gasteiger partial charge is 0.258 e. The number of benzene rings is 1. The summed E-state index contributed by atoms with van der Waals surface area (Å²) in [7, 11) is 0. The Bertz CT molecular complexity index is 846. The van der Waals surface area contributed by atoms with Crippen LogP contribution >= 0.6 is 0 Å². The van der Waals surface area contributed by atoms with Gasteiger partial charge in [0.1, 0.15) is 11.9 Å². The highest BCUT2D eigenvalue weighted by Gasteiger charge is 2.31. The molecule has 1 atom stereocenters. The zero-order valence-corrected chi connectivity index (χ0v) is 14.6. The second-order valence-electron chi connectivity index (χ2n) is 6.70. The van der Waals surface area contributed by atoms with Crippen molar-refractivity contribution < 1.29 is 9.53 Å². The molecule has 1 aromatic heterocycles. The molecule has 1 amide bonds. The molecule has 8 nitrogen and oxygen atoms in total. The molecule has 0 aliphatic carbocycles. The van der Waals surface area contributed by atoms with Gasteiger partial charge in [-0.15, -0.1) is 0 Å². The number of H-pyrrole nitrogens is 1. The Hall–Kier alpha value is -2.29. The van der Waals surface area contributed by atoms with E-state index in [2.05, 4.69) is 20.2 Å². The molecule has 0 unspecified atom stereocenters. The van der Waals surface area contributed by atoms with Crippen LogP contribution in [0.2, 0.25) is 0 Å². The van der Waals surface area contributed by atoms with E-state index in [9.17, 15) is 9.59 Å². The minimum Gasteiger partial charge on any atom is -0.366 e. The van der Waals surface area contributed by atoms with Crippen LogP contribution in [-0.2, 0) is 16.1 Å². The molecule has 0 saturated carbocycles. The topological polar surface area (TPSA) is 90.6 Å². The molecule has 2 saturated heterocycles. The molecule has 26 heavy (non-hydrogen) atoms. The largest absolute Gasteiger partial charge is 0.366 e. The van der Waals surface area contributed by atoms with Gasteiger partial charge in [0, 0.05) is 39.3 Å². The number of morpholine rings is 1. The summed E-state index contributed by atoms with van der Waals surface area (Å²) in [5.41, 5.74) is 0.556. The first kappa shape index (κ1) is 17.1. The number of aromatic nitrogens is 2. The monoisotopic (exact) mass is 357 g/mol. The molecular weight excluding hydrogens is 334 g/mol. The van der Waals surface area contributed by atoms with Crippen LogP contribution in [0.1, 0.15) is 5.82 Å². The number of para-hydroxylation sites is 1. The van der Waals surface area contributed by atoms with Gasteiger partial charge in [-0.3, -0.25) is 14.5 Å². The number of hydrogen-bond donors (Lipinski definition) is 2. The Kier molecular flexibility index (Phi) is 4.96. The summed E-state index contributed by atoms with van der Waals surface area (Å²) in [4.78, 5) is 36.2. The minimum atomic E-state index is -0.450. The quantitative estimate of drug-likeness (QED) is 0.774. The maximum absolute atomic E-state index is 12.7. The van der Waals surface area contributed by atoms with Crippen LogP contribution in [0.5, 0.6) is 0 Å². The van der Waals surface area contributed by atoms with E-state index in [1.165, 1.54) is 0 Å². The fourth-order valence-corrected chi connectivity index (χ4v) is 3.51. The average Bonchev–Trinajstić information content (AvgIpc) is 2.68. The Balaban J connectivity index is 1.45. The predicted molar refractivity (Wildman–Crippen MR) is 96.8 cm³/mol. The number of hydrogen-bond acceptors (Lipinski definition) is 6. The number of nitrogens with zero attached hydrogens (tertiary/aromatic N) is 3. The molecule has 138 valence electrons.